The number of hydrogen-bond donors (Lipinski definition) is 3. The lowest BCUT2D eigenvalue weighted by Gasteiger charge is -2.12. The van der Waals surface area contributed by atoms with E-state index in [-0.39, 0.29) is 21.6 Å². The molecule has 0 aliphatic heterocycles. The molecule has 1 fully saturated rings. The Morgan fingerprint density at radius 3 is 2.63 bits per heavy atom. The number of nitrogen functional groups attached to an aromatic ring is 1. The second kappa shape index (κ2) is 4.50. The zero-order valence-electron chi connectivity index (χ0n) is 10.5. The summed E-state index contributed by atoms with van der Waals surface area (Å²) in [5, 5.41) is 9.05. The van der Waals surface area contributed by atoms with Crippen LogP contribution in [0.3, 0.4) is 0 Å². The third-order valence-corrected chi connectivity index (χ3v) is 4.78. The molecule has 0 heterocycles. The minimum absolute atomic E-state index is 0.00423. The van der Waals surface area contributed by atoms with E-state index in [9.17, 15) is 13.2 Å². The number of nitrogens with two attached hydrogens (primary N) is 1. The number of carboxylic acids is 1. The molecule has 7 heteroatoms. The molecule has 1 aliphatic rings. The van der Waals surface area contributed by atoms with Crippen molar-refractivity contribution in [2.75, 3.05) is 12.3 Å². The van der Waals surface area contributed by atoms with Crippen LogP contribution in [0.1, 0.15) is 30.1 Å². The lowest BCUT2D eigenvalue weighted by molar-refractivity contribution is 0.0692. The third kappa shape index (κ3) is 3.05. The highest BCUT2D eigenvalue weighted by molar-refractivity contribution is 7.89. The molecule has 19 heavy (non-hydrogen) atoms. The van der Waals surface area contributed by atoms with Crippen molar-refractivity contribution < 1.29 is 18.3 Å². The third-order valence-electron chi connectivity index (χ3n) is 3.32. The average Bonchev–Trinajstić information content (AvgIpc) is 3.05. The monoisotopic (exact) mass is 284 g/mol. The average molecular weight is 284 g/mol. The van der Waals surface area contributed by atoms with Gasteiger partial charge in [0.25, 0.3) is 0 Å². The minimum Gasteiger partial charge on any atom is -0.478 e. The quantitative estimate of drug-likeness (QED) is 0.700. The summed E-state index contributed by atoms with van der Waals surface area (Å²) in [4.78, 5) is 10.8. The Morgan fingerprint density at radius 2 is 2.11 bits per heavy atom. The number of benzene rings is 1. The van der Waals surface area contributed by atoms with Gasteiger partial charge in [-0.2, -0.15) is 0 Å². The summed E-state index contributed by atoms with van der Waals surface area (Å²) in [6.45, 7) is 2.30. The van der Waals surface area contributed by atoms with Crippen molar-refractivity contribution in [3.8, 4) is 0 Å². The van der Waals surface area contributed by atoms with Crippen LogP contribution in [0, 0.1) is 5.41 Å². The van der Waals surface area contributed by atoms with E-state index in [4.69, 9.17) is 10.8 Å². The normalized spacial score (nSPS) is 17.1. The highest BCUT2D eigenvalue weighted by atomic mass is 32.2. The van der Waals surface area contributed by atoms with Crippen molar-refractivity contribution >= 4 is 21.7 Å². The largest absolute Gasteiger partial charge is 0.478 e. The predicted molar refractivity (Wildman–Crippen MR) is 70.3 cm³/mol. The van der Waals surface area contributed by atoms with Gasteiger partial charge in [-0.25, -0.2) is 17.9 Å². The van der Waals surface area contributed by atoms with Gasteiger partial charge in [0.05, 0.1) is 10.5 Å². The molecule has 1 aromatic carbocycles. The molecule has 4 N–H and O–H groups in total. The maximum Gasteiger partial charge on any atom is 0.337 e. The van der Waals surface area contributed by atoms with E-state index in [0.29, 0.717) is 6.54 Å². The molecule has 2 rings (SSSR count). The molecule has 1 aromatic rings. The van der Waals surface area contributed by atoms with Gasteiger partial charge in [0.2, 0.25) is 10.0 Å². The first kappa shape index (κ1) is 13.8. The fourth-order valence-electron chi connectivity index (χ4n) is 1.69. The van der Waals surface area contributed by atoms with Crippen molar-refractivity contribution in [2.24, 2.45) is 5.41 Å². The molecular weight excluding hydrogens is 268 g/mol. The molecular formula is C12H16N2O4S. The number of carbonyl (C=O) groups is 1. The van der Waals surface area contributed by atoms with Crippen LogP contribution in [0.15, 0.2) is 23.1 Å². The molecule has 1 aliphatic carbocycles. The predicted octanol–water partition coefficient (Wildman–Crippen LogP) is 1.05. The van der Waals surface area contributed by atoms with E-state index in [2.05, 4.69) is 4.72 Å². The van der Waals surface area contributed by atoms with E-state index in [1.807, 2.05) is 6.92 Å². The fourth-order valence-corrected chi connectivity index (χ4v) is 3.06. The van der Waals surface area contributed by atoms with Crippen molar-refractivity contribution in [3.05, 3.63) is 23.8 Å². The summed E-state index contributed by atoms with van der Waals surface area (Å²) < 4.78 is 26.7. The van der Waals surface area contributed by atoms with Gasteiger partial charge in [0.15, 0.2) is 0 Å². The lowest BCUT2D eigenvalue weighted by atomic mass is 10.2. The summed E-state index contributed by atoms with van der Waals surface area (Å²) >= 11 is 0. The maximum absolute atomic E-state index is 12.1. The first-order valence-electron chi connectivity index (χ1n) is 5.86. The van der Waals surface area contributed by atoms with Crippen molar-refractivity contribution in [2.45, 2.75) is 24.7 Å². The Kier molecular flexibility index (Phi) is 3.27. The van der Waals surface area contributed by atoms with Gasteiger partial charge in [0.1, 0.15) is 0 Å². The topological polar surface area (TPSA) is 109 Å². The molecule has 6 nitrogen and oxygen atoms in total. The van der Waals surface area contributed by atoms with Gasteiger partial charge >= 0.3 is 5.97 Å². The van der Waals surface area contributed by atoms with Crippen LogP contribution in [-0.2, 0) is 10.0 Å². The Morgan fingerprint density at radius 1 is 1.47 bits per heavy atom. The molecule has 0 spiro atoms. The number of sulfonamides is 1. The van der Waals surface area contributed by atoms with Crippen LogP contribution < -0.4 is 10.5 Å². The summed E-state index contributed by atoms with van der Waals surface area (Å²) in [5.74, 6) is -1.31. The number of anilines is 1. The molecule has 0 aromatic heterocycles. The molecule has 0 bridgehead atoms. The van der Waals surface area contributed by atoms with Gasteiger partial charge < -0.3 is 10.8 Å². The number of rotatable bonds is 5. The molecule has 0 amide bonds. The van der Waals surface area contributed by atoms with Crippen LogP contribution in [0.5, 0.6) is 0 Å². The Bertz CT molecular complexity index is 621. The first-order valence-corrected chi connectivity index (χ1v) is 7.34. The van der Waals surface area contributed by atoms with E-state index < -0.39 is 16.0 Å². The second-order valence-corrected chi connectivity index (χ2v) is 6.93. The smallest absolute Gasteiger partial charge is 0.337 e. The highest BCUT2D eigenvalue weighted by Gasteiger charge is 2.38. The van der Waals surface area contributed by atoms with Gasteiger partial charge in [-0.15, -0.1) is 0 Å². The number of hydrogen-bond acceptors (Lipinski definition) is 4. The number of aromatic carboxylic acids is 1. The van der Waals surface area contributed by atoms with E-state index in [1.54, 1.807) is 0 Å². The summed E-state index contributed by atoms with van der Waals surface area (Å²) in [6.07, 6.45) is 1.95. The molecule has 0 atom stereocenters. The SMILES string of the molecule is CC1(CNS(=O)(=O)c2ccc(N)cc2C(=O)O)CC1. The van der Waals surface area contributed by atoms with E-state index in [1.165, 1.54) is 12.1 Å². The Balaban J connectivity index is 2.31. The highest BCUT2D eigenvalue weighted by Crippen LogP contribution is 2.44. The maximum atomic E-state index is 12.1. The lowest BCUT2D eigenvalue weighted by Crippen LogP contribution is -2.30. The van der Waals surface area contributed by atoms with E-state index >= 15 is 0 Å². The zero-order valence-corrected chi connectivity index (χ0v) is 11.3. The van der Waals surface area contributed by atoms with Gasteiger partial charge in [0, 0.05) is 12.2 Å². The standard InChI is InChI=1S/C12H16N2O4S/c1-12(4-5-12)7-14-19(17,18)10-3-2-8(13)6-9(10)11(15)16/h2-3,6,14H,4-5,7,13H2,1H3,(H,15,16). The summed E-state index contributed by atoms with van der Waals surface area (Å²) in [6, 6.07) is 3.74. The molecule has 1 saturated carbocycles. The van der Waals surface area contributed by atoms with Gasteiger partial charge in [-0.1, -0.05) is 6.92 Å². The summed E-state index contributed by atoms with van der Waals surface area (Å²) in [5.41, 5.74) is 5.39. The minimum atomic E-state index is -3.83. The van der Waals surface area contributed by atoms with Crippen LogP contribution in [-0.4, -0.2) is 26.0 Å². The second-order valence-electron chi connectivity index (χ2n) is 5.20. The molecule has 0 unspecified atom stereocenters. The zero-order chi connectivity index (χ0) is 14.3. The molecule has 104 valence electrons. The molecule has 0 saturated heterocycles. The van der Waals surface area contributed by atoms with Crippen LogP contribution in [0.25, 0.3) is 0 Å². The fraction of sp³-hybridized carbons (Fsp3) is 0.417. The van der Waals surface area contributed by atoms with Crippen molar-refractivity contribution in [1.82, 2.24) is 4.72 Å². The van der Waals surface area contributed by atoms with Crippen LogP contribution in [0.2, 0.25) is 0 Å². The Hall–Kier alpha value is -1.60. The van der Waals surface area contributed by atoms with Crippen LogP contribution in [0.4, 0.5) is 5.69 Å². The number of nitrogens with one attached hydrogen (secondary N) is 1. The van der Waals surface area contributed by atoms with Gasteiger partial charge in [-0.3, -0.25) is 0 Å². The van der Waals surface area contributed by atoms with Crippen LogP contribution >= 0.6 is 0 Å². The first-order chi connectivity index (χ1) is 8.73. The number of carboxylic acid groups (broad SMARTS) is 1. The Labute approximate surface area is 111 Å². The molecule has 0 radical (unpaired) electrons. The van der Waals surface area contributed by atoms with Crippen molar-refractivity contribution in [3.63, 3.8) is 0 Å². The van der Waals surface area contributed by atoms with E-state index in [0.717, 1.165) is 18.9 Å². The summed E-state index contributed by atoms with van der Waals surface area (Å²) in [7, 11) is -3.83. The van der Waals surface area contributed by atoms with Gasteiger partial charge in [-0.05, 0) is 36.5 Å². The van der Waals surface area contributed by atoms with Crippen molar-refractivity contribution in [1.29, 1.82) is 0 Å².